The van der Waals surface area contributed by atoms with E-state index in [1.807, 2.05) is 55.5 Å². The number of aryl methyl sites for hydroxylation is 1. The average Bonchev–Trinajstić information content (AvgIpc) is 2.48. The van der Waals surface area contributed by atoms with Crippen LogP contribution in [0, 0.1) is 6.92 Å². The molecule has 0 spiro atoms. The molecule has 3 nitrogen and oxygen atoms in total. The van der Waals surface area contributed by atoms with Crippen LogP contribution in [0.15, 0.2) is 48.5 Å². The van der Waals surface area contributed by atoms with Gasteiger partial charge in [0.1, 0.15) is 5.75 Å². The molecule has 106 valence electrons. The number of halogens is 1. The Morgan fingerprint density at radius 3 is 2.45 bits per heavy atom. The van der Waals surface area contributed by atoms with Crippen LogP contribution in [0.2, 0.25) is 0 Å². The molecule has 2 aromatic carbocycles. The molecule has 0 saturated heterocycles. The van der Waals surface area contributed by atoms with Crippen LogP contribution in [-0.4, -0.2) is 23.6 Å². The molecular weight excluding hydrogens is 274 g/mol. The minimum absolute atomic E-state index is 0.202. The standard InChI is InChI=1S/C16H18ClNO2/c1-12-6-2-4-8-15(12)20-16-9-5-3-7-14(16)18-11-13(19)10-17/h2-9,13,18-19H,10-11H2,1H3. The zero-order valence-electron chi connectivity index (χ0n) is 11.3. The molecule has 0 aliphatic carbocycles. The van der Waals surface area contributed by atoms with Crippen LogP contribution in [0.25, 0.3) is 0 Å². The second-order valence-electron chi connectivity index (χ2n) is 4.55. The number of hydrogen-bond acceptors (Lipinski definition) is 3. The Hall–Kier alpha value is -1.71. The van der Waals surface area contributed by atoms with E-state index in [2.05, 4.69) is 5.32 Å². The smallest absolute Gasteiger partial charge is 0.150 e. The lowest BCUT2D eigenvalue weighted by Gasteiger charge is -2.15. The maximum Gasteiger partial charge on any atom is 0.150 e. The quantitative estimate of drug-likeness (QED) is 0.796. The summed E-state index contributed by atoms with van der Waals surface area (Å²) in [6.45, 7) is 2.39. The Morgan fingerprint density at radius 1 is 1.10 bits per heavy atom. The van der Waals surface area contributed by atoms with Gasteiger partial charge in [0.2, 0.25) is 0 Å². The van der Waals surface area contributed by atoms with Gasteiger partial charge in [-0.3, -0.25) is 0 Å². The Kier molecular flexibility index (Phi) is 5.27. The molecule has 1 unspecified atom stereocenters. The van der Waals surface area contributed by atoms with Crippen LogP contribution in [-0.2, 0) is 0 Å². The zero-order valence-corrected chi connectivity index (χ0v) is 12.1. The first-order chi connectivity index (χ1) is 9.70. The normalized spacial score (nSPS) is 11.9. The van der Waals surface area contributed by atoms with Crippen molar-refractivity contribution in [3.05, 3.63) is 54.1 Å². The van der Waals surface area contributed by atoms with Crippen LogP contribution in [0.5, 0.6) is 11.5 Å². The van der Waals surface area contributed by atoms with E-state index in [1.165, 1.54) is 0 Å². The lowest BCUT2D eigenvalue weighted by atomic mass is 10.2. The highest BCUT2D eigenvalue weighted by atomic mass is 35.5. The molecule has 0 saturated carbocycles. The van der Waals surface area contributed by atoms with Crippen molar-refractivity contribution in [3.8, 4) is 11.5 Å². The number of hydrogen-bond donors (Lipinski definition) is 2. The number of anilines is 1. The largest absolute Gasteiger partial charge is 0.455 e. The summed E-state index contributed by atoms with van der Waals surface area (Å²) in [4.78, 5) is 0. The van der Waals surface area contributed by atoms with E-state index in [0.29, 0.717) is 6.54 Å². The predicted molar refractivity (Wildman–Crippen MR) is 82.9 cm³/mol. The number of aliphatic hydroxyl groups excluding tert-OH is 1. The molecule has 0 aliphatic rings. The summed E-state index contributed by atoms with van der Waals surface area (Å²) in [6, 6.07) is 15.5. The number of aliphatic hydroxyl groups is 1. The van der Waals surface area contributed by atoms with Gasteiger partial charge < -0.3 is 15.2 Å². The van der Waals surface area contributed by atoms with Gasteiger partial charge in [-0.05, 0) is 30.7 Å². The van der Waals surface area contributed by atoms with Crippen LogP contribution < -0.4 is 10.1 Å². The molecule has 0 amide bonds. The van der Waals surface area contributed by atoms with E-state index in [1.54, 1.807) is 0 Å². The molecule has 20 heavy (non-hydrogen) atoms. The average molecular weight is 292 g/mol. The summed E-state index contributed by atoms with van der Waals surface area (Å²) >= 11 is 5.59. The number of rotatable bonds is 6. The summed E-state index contributed by atoms with van der Waals surface area (Å²) in [7, 11) is 0. The summed E-state index contributed by atoms with van der Waals surface area (Å²) < 4.78 is 5.93. The van der Waals surface area contributed by atoms with Crippen LogP contribution in [0.4, 0.5) is 5.69 Å². The van der Waals surface area contributed by atoms with Gasteiger partial charge in [-0.1, -0.05) is 30.3 Å². The van der Waals surface area contributed by atoms with E-state index in [-0.39, 0.29) is 5.88 Å². The van der Waals surface area contributed by atoms with Crippen molar-refractivity contribution >= 4 is 17.3 Å². The fraction of sp³-hybridized carbons (Fsp3) is 0.250. The molecular formula is C16H18ClNO2. The Morgan fingerprint density at radius 2 is 1.75 bits per heavy atom. The van der Waals surface area contributed by atoms with Crippen LogP contribution in [0.3, 0.4) is 0 Å². The van der Waals surface area contributed by atoms with Crippen molar-refractivity contribution in [2.75, 3.05) is 17.7 Å². The molecule has 0 aromatic heterocycles. The highest BCUT2D eigenvalue weighted by Gasteiger charge is 2.07. The van der Waals surface area contributed by atoms with Gasteiger partial charge in [-0.15, -0.1) is 11.6 Å². The summed E-state index contributed by atoms with van der Waals surface area (Å²) in [5.41, 5.74) is 1.91. The minimum Gasteiger partial charge on any atom is -0.455 e. The molecule has 4 heteroatoms. The fourth-order valence-corrected chi connectivity index (χ4v) is 1.88. The van der Waals surface area contributed by atoms with Gasteiger partial charge in [-0.2, -0.15) is 0 Å². The first-order valence-corrected chi connectivity index (χ1v) is 7.04. The van der Waals surface area contributed by atoms with E-state index in [4.69, 9.17) is 16.3 Å². The molecule has 2 rings (SSSR count). The first kappa shape index (κ1) is 14.7. The van der Waals surface area contributed by atoms with Crippen LogP contribution in [0.1, 0.15) is 5.56 Å². The first-order valence-electron chi connectivity index (χ1n) is 6.51. The summed E-state index contributed by atoms with van der Waals surface area (Å²) in [6.07, 6.45) is -0.580. The highest BCUT2D eigenvalue weighted by molar-refractivity contribution is 6.18. The third kappa shape index (κ3) is 3.89. The SMILES string of the molecule is Cc1ccccc1Oc1ccccc1NCC(O)CCl. The van der Waals surface area contributed by atoms with Gasteiger partial charge in [0.25, 0.3) is 0 Å². The van der Waals surface area contributed by atoms with Crippen molar-refractivity contribution in [1.82, 2.24) is 0 Å². The molecule has 0 fully saturated rings. The van der Waals surface area contributed by atoms with E-state index < -0.39 is 6.10 Å². The second-order valence-corrected chi connectivity index (χ2v) is 4.86. The molecule has 0 aliphatic heterocycles. The Bertz CT molecular complexity index is 560. The third-order valence-corrected chi connectivity index (χ3v) is 3.26. The van der Waals surface area contributed by atoms with E-state index in [0.717, 1.165) is 22.7 Å². The highest BCUT2D eigenvalue weighted by Crippen LogP contribution is 2.30. The summed E-state index contributed by atoms with van der Waals surface area (Å²) in [5, 5.41) is 12.7. The monoisotopic (exact) mass is 291 g/mol. The molecule has 0 bridgehead atoms. The maximum atomic E-state index is 9.51. The van der Waals surface area contributed by atoms with Gasteiger partial charge in [-0.25, -0.2) is 0 Å². The van der Waals surface area contributed by atoms with Crippen LogP contribution >= 0.6 is 11.6 Å². The summed E-state index contributed by atoms with van der Waals surface area (Å²) in [5.74, 6) is 1.75. The lowest BCUT2D eigenvalue weighted by molar-refractivity contribution is 0.211. The number of ether oxygens (including phenoxy) is 1. The maximum absolute atomic E-state index is 9.51. The second kappa shape index (κ2) is 7.17. The topological polar surface area (TPSA) is 41.5 Å². The van der Waals surface area contributed by atoms with E-state index >= 15 is 0 Å². The minimum atomic E-state index is -0.580. The fourth-order valence-electron chi connectivity index (χ4n) is 1.77. The molecule has 0 heterocycles. The lowest BCUT2D eigenvalue weighted by Crippen LogP contribution is -2.20. The predicted octanol–water partition coefficient (Wildman–Crippen LogP) is 3.80. The molecule has 0 radical (unpaired) electrons. The van der Waals surface area contributed by atoms with Crippen molar-refractivity contribution < 1.29 is 9.84 Å². The molecule has 2 aromatic rings. The van der Waals surface area contributed by atoms with Gasteiger partial charge in [0, 0.05) is 6.54 Å². The van der Waals surface area contributed by atoms with Crippen molar-refractivity contribution in [2.45, 2.75) is 13.0 Å². The molecule has 2 N–H and O–H groups in total. The number of alkyl halides is 1. The van der Waals surface area contributed by atoms with Gasteiger partial charge in [0.05, 0.1) is 17.7 Å². The van der Waals surface area contributed by atoms with Gasteiger partial charge >= 0.3 is 0 Å². The Balaban J connectivity index is 2.14. The number of benzene rings is 2. The van der Waals surface area contributed by atoms with E-state index in [9.17, 15) is 5.11 Å². The zero-order chi connectivity index (χ0) is 14.4. The molecule has 1 atom stereocenters. The van der Waals surface area contributed by atoms with Crippen molar-refractivity contribution in [1.29, 1.82) is 0 Å². The van der Waals surface area contributed by atoms with Crippen molar-refractivity contribution in [3.63, 3.8) is 0 Å². The third-order valence-electron chi connectivity index (χ3n) is 2.91. The van der Waals surface area contributed by atoms with Gasteiger partial charge in [0.15, 0.2) is 5.75 Å². The number of para-hydroxylation sites is 3. The number of nitrogens with one attached hydrogen (secondary N) is 1. The Labute approximate surface area is 124 Å². The van der Waals surface area contributed by atoms with Crippen molar-refractivity contribution in [2.24, 2.45) is 0 Å².